The summed E-state index contributed by atoms with van der Waals surface area (Å²) in [5, 5.41) is 9.04. The molecule has 60 valence electrons. The molecule has 1 heteroatoms. The van der Waals surface area contributed by atoms with Crippen LogP contribution in [0, 0.1) is 0 Å². The highest BCUT2D eigenvalue weighted by Gasteiger charge is 1.95. The second kappa shape index (κ2) is 6.81. The van der Waals surface area contributed by atoms with E-state index in [1.54, 1.807) is 6.08 Å². The molecule has 0 saturated carbocycles. The van der Waals surface area contributed by atoms with Crippen LogP contribution < -0.4 is 0 Å². The Labute approximate surface area is 63.8 Å². The molecule has 10 heavy (non-hydrogen) atoms. The molecule has 0 saturated heterocycles. The van der Waals surface area contributed by atoms with Crippen LogP contribution in [0.5, 0.6) is 0 Å². The van der Waals surface area contributed by atoms with Gasteiger partial charge in [-0.2, -0.15) is 0 Å². The van der Waals surface area contributed by atoms with Gasteiger partial charge in [-0.05, 0) is 6.42 Å². The lowest BCUT2D eigenvalue weighted by molar-refractivity contribution is 0.208. The highest BCUT2D eigenvalue weighted by atomic mass is 16.3. The largest absolute Gasteiger partial charge is 0.389 e. The Hall–Kier alpha value is -0.300. The molecule has 0 fully saturated rings. The third-order valence-electron chi connectivity index (χ3n) is 1.63. The summed E-state index contributed by atoms with van der Waals surface area (Å²) in [4.78, 5) is 0. The Kier molecular flexibility index (Phi) is 6.61. The first-order chi connectivity index (χ1) is 4.81. The van der Waals surface area contributed by atoms with E-state index in [1.165, 1.54) is 19.3 Å². The van der Waals surface area contributed by atoms with Crippen molar-refractivity contribution in [2.45, 2.75) is 45.1 Å². The fourth-order valence-corrected chi connectivity index (χ4v) is 0.898. The smallest absolute Gasteiger partial charge is 0.0718 e. The van der Waals surface area contributed by atoms with Crippen LogP contribution in [0.25, 0.3) is 0 Å². The number of aliphatic hydroxyl groups is 1. The van der Waals surface area contributed by atoms with E-state index in [4.69, 9.17) is 5.11 Å². The van der Waals surface area contributed by atoms with Gasteiger partial charge >= 0.3 is 0 Å². The second-order valence-corrected chi connectivity index (χ2v) is 2.65. The first kappa shape index (κ1) is 9.70. The first-order valence-corrected chi connectivity index (χ1v) is 4.12. The Morgan fingerprint density at radius 1 is 1.40 bits per heavy atom. The highest BCUT2D eigenvalue weighted by Crippen LogP contribution is 2.05. The summed E-state index contributed by atoms with van der Waals surface area (Å²) in [6.45, 7) is 5.69. The number of hydrogen-bond acceptors (Lipinski definition) is 1. The fraction of sp³-hybridized carbons (Fsp3) is 0.778. The summed E-state index contributed by atoms with van der Waals surface area (Å²) in [6.07, 6.45) is 7.10. The molecule has 1 nitrogen and oxygen atoms in total. The quantitative estimate of drug-likeness (QED) is 0.446. The summed E-state index contributed by atoms with van der Waals surface area (Å²) in [5.41, 5.74) is 0. The maximum atomic E-state index is 9.04. The third-order valence-corrected chi connectivity index (χ3v) is 1.63. The summed E-state index contributed by atoms with van der Waals surface area (Å²) in [5.74, 6) is 0. The lowest BCUT2D eigenvalue weighted by Gasteiger charge is -2.02. The van der Waals surface area contributed by atoms with Crippen molar-refractivity contribution in [2.75, 3.05) is 0 Å². The highest BCUT2D eigenvalue weighted by molar-refractivity contribution is 4.77. The average molecular weight is 142 g/mol. The van der Waals surface area contributed by atoms with Gasteiger partial charge < -0.3 is 5.11 Å². The van der Waals surface area contributed by atoms with E-state index < -0.39 is 0 Å². The summed E-state index contributed by atoms with van der Waals surface area (Å²) < 4.78 is 0. The van der Waals surface area contributed by atoms with Crippen molar-refractivity contribution in [1.29, 1.82) is 0 Å². The SMILES string of the molecule is C=C[C@H](O)CCCCCC. The van der Waals surface area contributed by atoms with Gasteiger partial charge in [0.25, 0.3) is 0 Å². The average Bonchev–Trinajstić information content (AvgIpc) is 1.98. The number of aliphatic hydroxyl groups excluding tert-OH is 1. The van der Waals surface area contributed by atoms with E-state index in [9.17, 15) is 0 Å². The molecule has 0 aromatic rings. The van der Waals surface area contributed by atoms with Gasteiger partial charge in [0.2, 0.25) is 0 Å². The predicted octanol–water partition coefficient (Wildman–Crippen LogP) is 2.50. The van der Waals surface area contributed by atoms with E-state index in [0.717, 1.165) is 12.8 Å². The van der Waals surface area contributed by atoms with Gasteiger partial charge in [0, 0.05) is 0 Å². The Morgan fingerprint density at radius 2 is 2.10 bits per heavy atom. The van der Waals surface area contributed by atoms with Crippen molar-refractivity contribution in [3.05, 3.63) is 12.7 Å². The van der Waals surface area contributed by atoms with Crippen LogP contribution in [0.15, 0.2) is 12.7 Å². The zero-order valence-corrected chi connectivity index (χ0v) is 6.84. The minimum Gasteiger partial charge on any atom is -0.389 e. The van der Waals surface area contributed by atoms with Crippen molar-refractivity contribution in [1.82, 2.24) is 0 Å². The number of hydrogen-bond donors (Lipinski definition) is 1. The van der Waals surface area contributed by atoms with E-state index in [-0.39, 0.29) is 6.10 Å². The van der Waals surface area contributed by atoms with Crippen LogP contribution in [0.3, 0.4) is 0 Å². The summed E-state index contributed by atoms with van der Waals surface area (Å²) in [7, 11) is 0. The molecule has 0 heterocycles. The molecular formula is C9H18O. The van der Waals surface area contributed by atoms with Gasteiger partial charge in [-0.3, -0.25) is 0 Å². The Bertz CT molecular complexity index is 78.8. The van der Waals surface area contributed by atoms with Gasteiger partial charge in [-0.15, -0.1) is 6.58 Å². The van der Waals surface area contributed by atoms with E-state index in [1.807, 2.05) is 0 Å². The van der Waals surface area contributed by atoms with Gasteiger partial charge in [0.05, 0.1) is 6.10 Å². The van der Waals surface area contributed by atoms with Gasteiger partial charge in [0.1, 0.15) is 0 Å². The normalized spacial score (nSPS) is 13.0. The third kappa shape index (κ3) is 5.83. The van der Waals surface area contributed by atoms with Crippen LogP contribution in [0.4, 0.5) is 0 Å². The monoisotopic (exact) mass is 142 g/mol. The maximum Gasteiger partial charge on any atom is 0.0718 e. The molecule has 0 aromatic heterocycles. The summed E-state index contributed by atoms with van der Waals surface area (Å²) >= 11 is 0. The second-order valence-electron chi connectivity index (χ2n) is 2.65. The molecular weight excluding hydrogens is 124 g/mol. The van der Waals surface area contributed by atoms with E-state index >= 15 is 0 Å². The molecule has 0 aliphatic carbocycles. The minimum atomic E-state index is -0.281. The zero-order valence-electron chi connectivity index (χ0n) is 6.84. The Morgan fingerprint density at radius 3 is 2.60 bits per heavy atom. The molecule has 1 N–H and O–H groups in total. The van der Waals surface area contributed by atoms with Crippen molar-refractivity contribution < 1.29 is 5.11 Å². The molecule has 0 amide bonds. The molecule has 1 atom stereocenters. The molecule has 0 radical (unpaired) electrons. The lowest BCUT2D eigenvalue weighted by atomic mass is 10.1. The molecule has 0 aromatic carbocycles. The van der Waals surface area contributed by atoms with Crippen LogP contribution in [0.1, 0.15) is 39.0 Å². The van der Waals surface area contributed by atoms with E-state index in [2.05, 4.69) is 13.5 Å². The van der Waals surface area contributed by atoms with Crippen molar-refractivity contribution in [3.8, 4) is 0 Å². The van der Waals surface area contributed by atoms with Crippen LogP contribution in [-0.2, 0) is 0 Å². The summed E-state index contributed by atoms with van der Waals surface area (Å²) in [6, 6.07) is 0. The molecule has 0 unspecified atom stereocenters. The molecule has 0 aliphatic rings. The first-order valence-electron chi connectivity index (χ1n) is 4.12. The Balaban J connectivity index is 2.95. The molecule has 0 bridgehead atoms. The lowest BCUT2D eigenvalue weighted by Crippen LogP contribution is -2.00. The van der Waals surface area contributed by atoms with Crippen molar-refractivity contribution in [3.63, 3.8) is 0 Å². The predicted molar refractivity (Wildman–Crippen MR) is 45.0 cm³/mol. The topological polar surface area (TPSA) is 20.2 Å². The van der Waals surface area contributed by atoms with E-state index in [0.29, 0.717) is 0 Å². The van der Waals surface area contributed by atoms with Gasteiger partial charge in [-0.1, -0.05) is 38.7 Å². The fourth-order valence-electron chi connectivity index (χ4n) is 0.898. The van der Waals surface area contributed by atoms with Gasteiger partial charge in [0.15, 0.2) is 0 Å². The van der Waals surface area contributed by atoms with Crippen molar-refractivity contribution in [2.24, 2.45) is 0 Å². The standard InChI is InChI=1S/C9H18O/c1-3-5-6-7-8-9(10)4-2/h4,9-10H,2-3,5-8H2,1H3/t9-/m0/s1. The number of unbranched alkanes of at least 4 members (excludes halogenated alkanes) is 3. The number of rotatable bonds is 6. The van der Waals surface area contributed by atoms with Crippen LogP contribution in [0.2, 0.25) is 0 Å². The maximum absolute atomic E-state index is 9.04. The van der Waals surface area contributed by atoms with Crippen LogP contribution >= 0.6 is 0 Å². The molecule has 0 rings (SSSR count). The van der Waals surface area contributed by atoms with Gasteiger partial charge in [-0.25, -0.2) is 0 Å². The zero-order chi connectivity index (χ0) is 7.82. The minimum absolute atomic E-state index is 0.281. The van der Waals surface area contributed by atoms with Crippen molar-refractivity contribution >= 4 is 0 Å². The molecule has 0 spiro atoms. The van der Waals surface area contributed by atoms with Crippen LogP contribution in [-0.4, -0.2) is 11.2 Å². The molecule has 0 aliphatic heterocycles.